The van der Waals surface area contributed by atoms with Crippen molar-refractivity contribution in [3.63, 3.8) is 0 Å². The topological polar surface area (TPSA) is 32.3 Å². The summed E-state index contributed by atoms with van der Waals surface area (Å²) in [6.45, 7) is 8.44. The minimum absolute atomic E-state index is 0. The molecule has 2 rings (SSSR count). The number of nitrogens with one attached hydrogen (secondary N) is 1. The van der Waals surface area contributed by atoms with Crippen LogP contribution in [-0.2, 0) is 10.2 Å². The zero-order chi connectivity index (χ0) is 14.8. The predicted octanol–water partition coefficient (Wildman–Crippen LogP) is 3.37. The average Bonchev–Trinajstić information content (AvgIpc) is 2.46. The van der Waals surface area contributed by atoms with E-state index in [1.807, 2.05) is 7.05 Å². The van der Waals surface area contributed by atoms with Crippen molar-refractivity contribution in [1.29, 1.82) is 0 Å². The molecule has 0 aliphatic carbocycles. The minimum Gasteiger partial charge on any atom is -0.316 e. The number of amides is 1. The molecule has 1 aliphatic heterocycles. The summed E-state index contributed by atoms with van der Waals surface area (Å²) in [6.07, 6.45) is 2.09. The highest BCUT2D eigenvalue weighted by molar-refractivity contribution is 5.94. The van der Waals surface area contributed by atoms with E-state index in [-0.39, 0.29) is 29.6 Å². The molecule has 118 valence electrons. The molecule has 0 bridgehead atoms. The van der Waals surface area contributed by atoms with E-state index in [0.29, 0.717) is 0 Å². The van der Waals surface area contributed by atoms with Gasteiger partial charge < -0.3 is 10.2 Å². The molecule has 1 fully saturated rings. The summed E-state index contributed by atoms with van der Waals surface area (Å²) < 4.78 is 0. The quantitative estimate of drug-likeness (QED) is 0.908. The van der Waals surface area contributed by atoms with Crippen LogP contribution in [0.1, 0.15) is 39.2 Å². The van der Waals surface area contributed by atoms with Crippen molar-refractivity contribution in [1.82, 2.24) is 5.32 Å². The van der Waals surface area contributed by atoms with E-state index in [2.05, 4.69) is 50.4 Å². The van der Waals surface area contributed by atoms with Gasteiger partial charge in [-0.2, -0.15) is 0 Å². The van der Waals surface area contributed by atoms with Gasteiger partial charge in [0.15, 0.2) is 0 Å². The number of anilines is 1. The fourth-order valence-corrected chi connectivity index (χ4v) is 2.65. The molecule has 1 N–H and O–H groups in total. The van der Waals surface area contributed by atoms with E-state index in [0.717, 1.165) is 31.6 Å². The average molecular weight is 311 g/mol. The van der Waals surface area contributed by atoms with Crippen LogP contribution in [0.25, 0.3) is 0 Å². The van der Waals surface area contributed by atoms with Crippen LogP contribution in [-0.4, -0.2) is 26.0 Å². The summed E-state index contributed by atoms with van der Waals surface area (Å²) in [4.78, 5) is 14.3. The number of piperidine rings is 1. The van der Waals surface area contributed by atoms with Gasteiger partial charge in [0.05, 0.1) is 5.92 Å². The molecule has 21 heavy (non-hydrogen) atoms. The van der Waals surface area contributed by atoms with Crippen molar-refractivity contribution >= 4 is 24.0 Å². The molecule has 0 radical (unpaired) electrons. The van der Waals surface area contributed by atoms with Crippen LogP contribution in [0.5, 0.6) is 0 Å². The maximum atomic E-state index is 12.5. The lowest BCUT2D eigenvalue weighted by Gasteiger charge is -2.27. The number of carbonyl (C=O) groups is 1. The summed E-state index contributed by atoms with van der Waals surface area (Å²) in [7, 11) is 1.88. The Labute approximate surface area is 134 Å². The predicted molar refractivity (Wildman–Crippen MR) is 91.4 cm³/mol. The van der Waals surface area contributed by atoms with Crippen LogP contribution >= 0.6 is 12.4 Å². The number of hydrogen-bond donors (Lipinski definition) is 1. The zero-order valence-corrected chi connectivity index (χ0v) is 14.3. The van der Waals surface area contributed by atoms with Crippen molar-refractivity contribution < 1.29 is 4.79 Å². The lowest BCUT2D eigenvalue weighted by Crippen LogP contribution is -2.41. The Morgan fingerprint density at radius 3 is 2.33 bits per heavy atom. The monoisotopic (exact) mass is 310 g/mol. The van der Waals surface area contributed by atoms with Crippen LogP contribution in [0.4, 0.5) is 5.69 Å². The minimum atomic E-state index is 0. The Kier molecular flexibility index (Phi) is 6.24. The number of carbonyl (C=O) groups excluding carboxylic acids is 1. The van der Waals surface area contributed by atoms with E-state index < -0.39 is 0 Å². The number of halogens is 1. The number of nitrogens with zero attached hydrogens (tertiary/aromatic N) is 1. The Hall–Kier alpha value is -1.06. The Balaban J connectivity index is 0.00000220. The molecule has 1 aromatic rings. The molecular weight excluding hydrogens is 284 g/mol. The van der Waals surface area contributed by atoms with E-state index in [4.69, 9.17) is 0 Å². The second kappa shape index (κ2) is 7.28. The van der Waals surface area contributed by atoms with Gasteiger partial charge in [0.25, 0.3) is 0 Å². The van der Waals surface area contributed by atoms with E-state index >= 15 is 0 Å². The van der Waals surface area contributed by atoms with Crippen LogP contribution in [0.3, 0.4) is 0 Å². The largest absolute Gasteiger partial charge is 0.316 e. The Morgan fingerprint density at radius 1 is 1.24 bits per heavy atom. The fourth-order valence-electron chi connectivity index (χ4n) is 2.65. The third-order valence-electron chi connectivity index (χ3n) is 4.10. The molecule has 1 amide bonds. The normalized spacial score (nSPS) is 18.8. The summed E-state index contributed by atoms with van der Waals surface area (Å²) in [5.74, 6) is 0.344. The molecule has 3 nitrogen and oxygen atoms in total. The molecule has 1 unspecified atom stereocenters. The first-order valence-corrected chi connectivity index (χ1v) is 7.48. The van der Waals surface area contributed by atoms with Gasteiger partial charge >= 0.3 is 0 Å². The Bertz CT molecular complexity index is 459. The van der Waals surface area contributed by atoms with Crippen molar-refractivity contribution in [3.05, 3.63) is 29.8 Å². The van der Waals surface area contributed by atoms with Gasteiger partial charge in [-0.3, -0.25) is 4.79 Å². The molecule has 0 aromatic heterocycles. The molecule has 4 heteroatoms. The molecule has 1 heterocycles. The van der Waals surface area contributed by atoms with Gasteiger partial charge in [-0.15, -0.1) is 12.4 Å². The van der Waals surface area contributed by atoms with Gasteiger partial charge in [-0.05, 0) is 42.5 Å². The van der Waals surface area contributed by atoms with Crippen LogP contribution in [0.2, 0.25) is 0 Å². The Morgan fingerprint density at radius 2 is 1.86 bits per heavy atom. The second-order valence-electron chi connectivity index (χ2n) is 6.74. The van der Waals surface area contributed by atoms with Gasteiger partial charge in [-0.25, -0.2) is 0 Å². The summed E-state index contributed by atoms with van der Waals surface area (Å²) in [5, 5.41) is 3.30. The molecule has 0 spiro atoms. The SMILES string of the molecule is CN(C(=O)C1CCCNC1)c1ccc(C(C)(C)C)cc1.Cl. The first-order valence-electron chi connectivity index (χ1n) is 7.48. The number of benzene rings is 1. The summed E-state index contributed by atoms with van der Waals surface area (Å²) in [6, 6.07) is 8.35. The van der Waals surface area contributed by atoms with Crippen LogP contribution in [0, 0.1) is 5.92 Å². The number of rotatable bonds is 2. The van der Waals surface area contributed by atoms with Crippen molar-refractivity contribution in [3.8, 4) is 0 Å². The first kappa shape index (κ1) is 18.0. The second-order valence-corrected chi connectivity index (χ2v) is 6.74. The highest BCUT2D eigenvalue weighted by Gasteiger charge is 2.24. The van der Waals surface area contributed by atoms with Crippen molar-refractivity contribution in [2.75, 3.05) is 25.0 Å². The van der Waals surface area contributed by atoms with Crippen molar-refractivity contribution in [2.45, 2.75) is 39.0 Å². The molecule has 1 aromatic carbocycles. The lowest BCUT2D eigenvalue weighted by atomic mass is 9.87. The summed E-state index contributed by atoms with van der Waals surface area (Å²) in [5.41, 5.74) is 2.42. The van der Waals surface area contributed by atoms with E-state index in [1.54, 1.807) is 4.90 Å². The molecule has 1 atom stereocenters. The number of hydrogen-bond acceptors (Lipinski definition) is 2. The molecule has 1 aliphatic rings. The maximum absolute atomic E-state index is 12.5. The highest BCUT2D eigenvalue weighted by atomic mass is 35.5. The lowest BCUT2D eigenvalue weighted by molar-refractivity contribution is -0.122. The molecule has 0 saturated carbocycles. The maximum Gasteiger partial charge on any atom is 0.231 e. The van der Waals surface area contributed by atoms with E-state index in [1.165, 1.54) is 5.56 Å². The molecular formula is C17H27ClN2O. The van der Waals surface area contributed by atoms with Crippen molar-refractivity contribution in [2.24, 2.45) is 5.92 Å². The first-order chi connectivity index (χ1) is 9.39. The standard InChI is InChI=1S/C17H26N2O.ClH/c1-17(2,3)14-7-9-15(10-8-14)19(4)16(20)13-6-5-11-18-12-13;/h7-10,13,18H,5-6,11-12H2,1-4H3;1H. The van der Waals surface area contributed by atoms with Gasteiger partial charge in [0, 0.05) is 19.3 Å². The van der Waals surface area contributed by atoms with Gasteiger partial charge in [0.1, 0.15) is 0 Å². The van der Waals surface area contributed by atoms with E-state index in [9.17, 15) is 4.79 Å². The molecule has 1 saturated heterocycles. The third kappa shape index (κ3) is 4.45. The zero-order valence-electron chi connectivity index (χ0n) is 13.5. The van der Waals surface area contributed by atoms with Crippen LogP contribution < -0.4 is 10.2 Å². The third-order valence-corrected chi connectivity index (χ3v) is 4.10. The van der Waals surface area contributed by atoms with Gasteiger partial charge in [0.2, 0.25) is 5.91 Å². The summed E-state index contributed by atoms with van der Waals surface area (Å²) >= 11 is 0. The smallest absolute Gasteiger partial charge is 0.231 e. The van der Waals surface area contributed by atoms with Gasteiger partial charge in [-0.1, -0.05) is 32.9 Å². The highest BCUT2D eigenvalue weighted by Crippen LogP contribution is 2.25. The fraction of sp³-hybridized carbons (Fsp3) is 0.588. The van der Waals surface area contributed by atoms with Crippen LogP contribution in [0.15, 0.2) is 24.3 Å².